The van der Waals surface area contributed by atoms with Crippen molar-refractivity contribution in [2.75, 3.05) is 13.2 Å². The number of carboxylic acids is 1. The minimum absolute atomic E-state index is 0.0771. The van der Waals surface area contributed by atoms with Crippen molar-refractivity contribution >= 4 is 5.97 Å². The summed E-state index contributed by atoms with van der Waals surface area (Å²) in [5.74, 6) is 0.0519. The minimum atomic E-state index is -0.800. The highest BCUT2D eigenvalue weighted by Crippen LogP contribution is 2.35. The van der Waals surface area contributed by atoms with Crippen molar-refractivity contribution in [2.45, 2.75) is 38.3 Å². The monoisotopic (exact) mass is 279 g/mol. The largest absolute Gasteiger partial charge is 0.494 e. The first-order valence-corrected chi connectivity index (χ1v) is 6.96. The van der Waals surface area contributed by atoms with Crippen LogP contribution in [0.15, 0.2) is 18.2 Å². The number of rotatable bonds is 7. The number of hydrogen-bond donors (Lipinski definition) is 2. The molecule has 0 radical (unpaired) electrons. The van der Waals surface area contributed by atoms with E-state index in [0.717, 1.165) is 23.3 Å². The minimum Gasteiger partial charge on any atom is -0.494 e. The first-order chi connectivity index (χ1) is 9.61. The molecule has 5 nitrogen and oxygen atoms in total. The van der Waals surface area contributed by atoms with E-state index in [0.29, 0.717) is 19.6 Å². The Morgan fingerprint density at radius 1 is 1.50 bits per heavy atom. The fourth-order valence-corrected chi connectivity index (χ4v) is 2.53. The maximum Gasteiger partial charge on any atom is 0.303 e. The van der Waals surface area contributed by atoms with Crippen LogP contribution < -0.4 is 10.5 Å². The molecule has 0 bridgehead atoms. The van der Waals surface area contributed by atoms with Crippen LogP contribution in [0.3, 0.4) is 0 Å². The molecule has 1 aliphatic carbocycles. The van der Waals surface area contributed by atoms with Crippen LogP contribution in [-0.2, 0) is 16.0 Å². The van der Waals surface area contributed by atoms with Crippen LogP contribution in [0.25, 0.3) is 0 Å². The van der Waals surface area contributed by atoms with Crippen LogP contribution in [-0.4, -0.2) is 30.3 Å². The van der Waals surface area contributed by atoms with Crippen molar-refractivity contribution < 1.29 is 19.4 Å². The molecular formula is C15H21NO4. The highest BCUT2D eigenvalue weighted by Gasteiger charge is 2.30. The molecule has 3 N–H and O–H groups in total. The third-order valence-electron chi connectivity index (χ3n) is 3.41. The van der Waals surface area contributed by atoms with Gasteiger partial charge in [-0.05, 0) is 43.0 Å². The van der Waals surface area contributed by atoms with E-state index >= 15 is 0 Å². The Bertz CT molecular complexity index is 475. The fraction of sp³-hybridized carbons (Fsp3) is 0.533. The summed E-state index contributed by atoms with van der Waals surface area (Å²) < 4.78 is 11.2. The second-order valence-corrected chi connectivity index (χ2v) is 4.95. The number of benzene rings is 1. The molecule has 0 aliphatic heterocycles. The molecule has 0 fully saturated rings. The van der Waals surface area contributed by atoms with E-state index in [-0.39, 0.29) is 18.6 Å². The molecule has 2 atom stereocenters. The topological polar surface area (TPSA) is 81.8 Å². The van der Waals surface area contributed by atoms with Gasteiger partial charge in [-0.3, -0.25) is 4.79 Å². The third kappa shape index (κ3) is 3.49. The Morgan fingerprint density at radius 3 is 3.00 bits per heavy atom. The first kappa shape index (κ1) is 14.8. The van der Waals surface area contributed by atoms with E-state index in [4.69, 9.17) is 20.3 Å². The van der Waals surface area contributed by atoms with Crippen LogP contribution in [0.5, 0.6) is 5.75 Å². The molecule has 0 amide bonds. The molecule has 2 rings (SSSR count). The Balaban J connectivity index is 1.97. The van der Waals surface area contributed by atoms with Gasteiger partial charge in [0.25, 0.3) is 0 Å². The van der Waals surface area contributed by atoms with Crippen LogP contribution in [0, 0.1) is 0 Å². The van der Waals surface area contributed by atoms with Gasteiger partial charge in [-0.25, -0.2) is 0 Å². The average Bonchev–Trinajstić information content (AvgIpc) is 2.70. The Kier molecular flexibility index (Phi) is 4.98. The summed E-state index contributed by atoms with van der Waals surface area (Å²) in [4.78, 5) is 10.5. The van der Waals surface area contributed by atoms with Gasteiger partial charge in [0.1, 0.15) is 5.75 Å². The molecule has 1 aliphatic rings. The molecule has 1 aromatic carbocycles. The first-order valence-electron chi connectivity index (χ1n) is 6.96. The van der Waals surface area contributed by atoms with Crippen LogP contribution >= 0.6 is 0 Å². The van der Waals surface area contributed by atoms with Gasteiger partial charge in [-0.2, -0.15) is 0 Å². The van der Waals surface area contributed by atoms with Crippen molar-refractivity contribution in [2.24, 2.45) is 5.73 Å². The summed E-state index contributed by atoms with van der Waals surface area (Å²) in [5, 5.41) is 8.60. The van der Waals surface area contributed by atoms with Crippen molar-refractivity contribution in [3.8, 4) is 5.75 Å². The lowest BCUT2D eigenvalue weighted by Gasteiger charge is -2.17. The van der Waals surface area contributed by atoms with Gasteiger partial charge < -0.3 is 20.3 Å². The normalized spacial score (nSPS) is 20.7. The number of hydrogen-bond acceptors (Lipinski definition) is 4. The molecule has 1 aromatic rings. The summed E-state index contributed by atoms with van der Waals surface area (Å²) in [6, 6.07) is 5.86. The van der Waals surface area contributed by atoms with Crippen molar-refractivity contribution in [3.63, 3.8) is 0 Å². The lowest BCUT2D eigenvalue weighted by Crippen LogP contribution is -2.27. The number of ether oxygens (including phenoxy) is 2. The summed E-state index contributed by atoms with van der Waals surface area (Å²) in [6.07, 6.45) is 1.25. The Hall–Kier alpha value is -1.59. The van der Waals surface area contributed by atoms with E-state index in [2.05, 4.69) is 0 Å². The zero-order valence-electron chi connectivity index (χ0n) is 11.7. The number of fused-ring (bicyclic) bond motifs is 1. The van der Waals surface area contributed by atoms with Crippen LogP contribution in [0.4, 0.5) is 0 Å². The second kappa shape index (κ2) is 6.72. The SMILES string of the molecule is CCOc1ccc2c(c1)CC(N)C2OCCCC(=O)O. The van der Waals surface area contributed by atoms with Crippen molar-refractivity contribution in [1.82, 2.24) is 0 Å². The highest BCUT2D eigenvalue weighted by atomic mass is 16.5. The predicted octanol–water partition coefficient (Wildman–Crippen LogP) is 1.89. The van der Waals surface area contributed by atoms with Gasteiger partial charge in [0.05, 0.1) is 12.7 Å². The van der Waals surface area contributed by atoms with Crippen molar-refractivity contribution in [3.05, 3.63) is 29.3 Å². The molecule has 5 heteroatoms. The summed E-state index contributed by atoms with van der Waals surface area (Å²) in [7, 11) is 0. The zero-order chi connectivity index (χ0) is 14.5. The number of nitrogens with two attached hydrogens (primary N) is 1. The Morgan fingerprint density at radius 2 is 2.30 bits per heavy atom. The van der Waals surface area contributed by atoms with E-state index in [1.54, 1.807) is 0 Å². The zero-order valence-corrected chi connectivity index (χ0v) is 11.7. The number of carbonyl (C=O) groups is 1. The van der Waals surface area contributed by atoms with Gasteiger partial charge in [0, 0.05) is 19.1 Å². The molecule has 0 saturated carbocycles. The lowest BCUT2D eigenvalue weighted by atomic mass is 10.1. The van der Waals surface area contributed by atoms with E-state index < -0.39 is 5.97 Å². The number of aliphatic carboxylic acids is 1. The summed E-state index contributed by atoms with van der Waals surface area (Å²) in [6.45, 7) is 3.00. The molecule has 110 valence electrons. The Labute approximate surface area is 118 Å². The molecule has 0 saturated heterocycles. The highest BCUT2D eigenvalue weighted by molar-refractivity contribution is 5.66. The second-order valence-electron chi connectivity index (χ2n) is 4.95. The quantitative estimate of drug-likeness (QED) is 0.745. The molecule has 0 heterocycles. The van der Waals surface area contributed by atoms with Crippen molar-refractivity contribution in [1.29, 1.82) is 0 Å². The van der Waals surface area contributed by atoms with Crippen LogP contribution in [0.1, 0.15) is 37.0 Å². The molecule has 0 spiro atoms. The standard InChI is InChI=1S/C15H21NO4/c1-2-19-11-5-6-12-10(8-11)9-13(16)15(12)20-7-3-4-14(17)18/h5-6,8,13,15H,2-4,7,9,16H2,1H3,(H,17,18). The maximum atomic E-state index is 10.5. The van der Waals surface area contributed by atoms with E-state index in [1.807, 2.05) is 25.1 Å². The summed E-state index contributed by atoms with van der Waals surface area (Å²) >= 11 is 0. The molecular weight excluding hydrogens is 258 g/mol. The maximum absolute atomic E-state index is 10.5. The smallest absolute Gasteiger partial charge is 0.303 e. The fourth-order valence-electron chi connectivity index (χ4n) is 2.53. The van der Waals surface area contributed by atoms with Gasteiger partial charge in [0.2, 0.25) is 0 Å². The summed E-state index contributed by atoms with van der Waals surface area (Å²) in [5.41, 5.74) is 8.37. The molecule has 20 heavy (non-hydrogen) atoms. The predicted molar refractivity (Wildman–Crippen MR) is 74.9 cm³/mol. The molecule has 2 unspecified atom stereocenters. The van der Waals surface area contributed by atoms with Gasteiger partial charge in [-0.1, -0.05) is 6.07 Å². The van der Waals surface area contributed by atoms with E-state index in [1.165, 1.54) is 0 Å². The van der Waals surface area contributed by atoms with Gasteiger partial charge in [0.15, 0.2) is 0 Å². The number of carboxylic acid groups (broad SMARTS) is 1. The lowest BCUT2D eigenvalue weighted by molar-refractivity contribution is -0.137. The average molecular weight is 279 g/mol. The van der Waals surface area contributed by atoms with Gasteiger partial charge in [-0.15, -0.1) is 0 Å². The van der Waals surface area contributed by atoms with Gasteiger partial charge >= 0.3 is 5.97 Å². The third-order valence-corrected chi connectivity index (χ3v) is 3.41. The van der Waals surface area contributed by atoms with Crippen LogP contribution in [0.2, 0.25) is 0 Å². The van der Waals surface area contributed by atoms with E-state index in [9.17, 15) is 4.79 Å². The molecule has 0 aromatic heterocycles.